The maximum Gasteiger partial charge on any atom is 0.285 e. The number of methoxy groups -OCH3 is 1. The molecule has 0 unspecified atom stereocenters. The average molecular weight is 251 g/mol. The van der Waals surface area contributed by atoms with E-state index >= 15 is 0 Å². The van der Waals surface area contributed by atoms with Gasteiger partial charge in [-0.25, -0.2) is 8.78 Å². The molecule has 0 spiro atoms. The smallest absolute Gasteiger partial charge is 0.285 e. The van der Waals surface area contributed by atoms with E-state index in [-0.39, 0.29) is 13.2 Å². The Balaban J connectivity index is 2.67. The lowest BCUT2D eigenvalue weighted by Crippen LogP contribution is -2.32. The van der Waals surface area contributed by atoms with Crippen LogP contribution in [-0.2, 0) is 10.7 Å². The van der Waals surface area contributed by atoms with Gasteiger partial charge in [0.25, 0.3) is 5.92 Å². The van der Waals surface area contributed by atoms with Crippen LogP contribution in [0.25, 0.3) is 0 Å². The van der Waals surface area contributed by atoms with Crippen LogP contribution < -0.4 is 5.32 Å². The summed E-state index contributed by atoms with van der Waals surface area (Å²) < 4.78 is 57.3. The highest BCUT2D eigenvalue weighted by Gasteiger charge is 2.31. The Morgan fingerprint density at radius 1 is 1.18 bits per heavy atom. The van der Waals surface area contributed by atoms with Crippen LogP contribution in [-0.4, -0.2) is 26.8 Å². The van der Waals surface area contributed by atoms with Gasteiger partial charge in [-0.15, -0.1) is 0 Å². The predicted molar refractivity (Wildman–Crippen MR) is 55.0 cm³/mol. The first-order valence-electron chi connectivity index (χ1n) is 5.00. The highest BCUT2D eigenvalue weighted by Crippen LogP contribution is 2.28. The zero-order chi connectivity index (χ0) is 12.9. The van der Waals surface area contributed by atoms with Crippen molar-refractivity contribution < 1.29 is 22.3 Å². The number of rotatable bonds is 6. The first kappa shape index (κ1) is 13.9. The Bertz CT molecular complexity index is 350. The van der Waals surface area contributed by atoms with Gasteiger partial charge in [-0.2, -0.15) is 8.78 Å². The van der Waals surface area contributed by atoms with Gasteiger partial charge >= 0.3 is 0 Å². The lowest BCUT2D eigenvalue weighted by molar-refractivity contribution is -0.00474. The van der Waals surface area contributed by atoms with Gasteiger partial charge in [0.2, 0.25) is 0 Å². The molecule has 0 atom stereocenters. The predicted octanol–water partition coefficient (Wildman–Crippen LogP) is 2.29. The number of nitrogens with one attached hydrogen (secondary N) is 1. The largest absolute Gasteiger partial charge is 0.383 e. The molecular formula is C11H13F4NO. The monoisotopic (exact) mass is 251 g/mol. The molecule has 1 N–H and O–H groups in total. The second-order valence-electron chi connectivity index (χ2n) is 3.53. The van der Waals surface area contributed by atoms with Crippen molar-refractivity contribution in [2.45, 2.75) is 5.92 Å². The summed E-state index contributed by atoms with van der Waals surface area (Å²) in [6, 6.07) is 1.81. The molecule has 0 aliphatic heterocycles. The molecule has 0 radical (unpaired) electrons. The number of benzene rings is 1. The molecule has 17 heavy (non-hydrogen) atoms. The highest BCUT2D eigenvalue weighted by molar-refractivity contribution is 5.22. The minimum absolute atomic E-state index is 0.240. The Kier molecular flexibility index (Phi) is 4.89. The van der Waals surface area contributed by atoms with E-state index in [9.17, 15) is 17.6 Å². The summed E-state index contributed by atoms with van der Waals surface area (Å²) >= 11 is 0. The first-order chi connectivity index (χ1) is 7.95. The Hall–Kier alpha value is -1.14. The van der Waals surface area contributed by atoms with Crippen LogP contribution in [0.5, 0.6) is 0 Å². The van der Waals surface area contributed by atoms with E-state index in [4.69, 9.17) is 0 Å². The zero-order valence-corrected chi connectivity index (χ0v) is 9.27. The van der Waals surface area contributed by atoms with E-state index in [2.05, 4.69) is 10.1 Å². The van der Waals surface area contributed by atoms with Gasteiger partial charge in [0.15, 0.2) is 0 Å². The third-order valence-electron chi connectivity index (χ3n) is 2.11. The summed E-state index contributed by atoms with van der Waals surface area (Å²) in [5.74, 6) is -5.36. The normalized spacial score (nSPS) is 11.8. The molecule has 96 valence electrons. The minimum Gasteiger partial charge on any atom is -0.383 e. The molecule has 0 fully saturated rings. The SMILES string of the molecule is COCCNCC(F)(F)c1cc(F)cc(F)c1. The standard InChI is InChI=1S/C11H13F4NO/c1-17-3-2-16-7-11(14,15)8-4-9(12)6-10(13)5-8/h4-6,16H,2-3,7H2,1H3. The molecule has 0 aliphatic rings. The average Bonchev–Trinajstić information content (AvgIpc) is 2.23. The fourth-order valence-electron chi connectivity index (χ4n) is 1.29. The summed E-state index contributed by atoms with van der Waals surface area (Å²) in [5, 5.41) is 2.44. The van der Waals surface area contributed by atoms with Crippen LogP contribution in [0.15, 0.2) is 18.2 Å². The van der Waals surface area contributed by atoms with E-state index in [1.807, 2.05) is 0 Å². The summed E-state index contributed by atoms with van der Waals surface area (Å²) in [4.78, 5) is 0. The lowest BCUT2D eigenvalue weighted by Gasteiger charge is -2.17. The third kappa shape index (κ3) is 4.32. The zero-order valence-electron chi connectivity index (χ0n) is 9.27. The van der Waals surface area contributed by atoms with E-state index in [0.717, 1.165) is 0 Å². The third-order valence-corrected chi connectivity index (χ3v) is 2.11. The minimum atomic E-state index is -3.32. The van der Waals surface area contributed by atoms with Crippen molar-refractivity contribution >= 4 is 0 Å². The van der Waals surface area contributed by atoms with Crippen molar-refractivity contribution in [3.8, 4) is 0 Å². The van der Waals surface area contributed by atoms with Crippen LogP contribution >= 0.6 is 0 Å². The van der Waals surface area contributed by atoms with E-state index in [1.165, 1.54) is 7.11 Å². The number of hydrogen-bond acceptors (Lipinski definition) is 2. The molecule has 1 aromatic carbocycles. The molecule has 1 rings (SSSR count). The van der Waals surface area contributed by atoms with Crippen molar-refractivity contribution in [3.05, 3.63) is 35.4 Å². The molecule has 0 heterocycles. The van der Waals surface area contributed by atoms with Crippen LogP contribution in [0, 0.1) is 11.6 Å². The van der Waals surface area contributed by atoms with Crippen molar-refractivity contribution in [3.63, 3.8) is 0 Å². The molecule has 0 saturated carbocycles. The lowest BCUT2D eigenvalue weighted by atomic mass is 10.1. The van der Waals surface area contributed by atoms with Gasteiger partial charge in [0.1, 0.15) is 11.6 Å². The van der Waals surface area contributed by atoms with Crippen LogP contribution in [0.1, 0.15) is 5.56 Å². The molecule has 0 aromatic heterocycles. The van der Waals surface area contributed by atoms with Gasteiger partial charge in [0, 0.05) is 25.3 Å². The summed E-state index contributed by atoms with van der Waals surface area (Å²) in [5.41, 5.74) is -0.681. The van der Waals surface area contributed by atoms with Gasteiger partial charge in [0.05, 0.1) is 13.2 Å². The molecule has 0 saturated heterocycles. The van der Waals surface area contributed by atoms with E-state index in [1.54, 1.807) is 0 Å². The van der Waals surface area contributed by atoms with Crippen LogP contribution in [0.4, 0.5) is 17.6 Å². The molecule has 0 aliphatic carbocycles. The van der Waals surface area contributed by atoms with Gasteiger partial charge in [-0.05, 0) is 12.1 Å². The number of hydrogen-bond donors (Lipinski definition) is 1. The number of halogens is 4. The van der Waals surface area contributed by atoms with Crippen molar-refractivity contribution in [1.29, 1.82) is 0 Å². The summed E-state index contributed by atoms with van der Waals surface area (Å²) in [7, 11) is 1.45. The van der Waals surface area contributed by atoms with Gasteiger partial charge in [-0.3, -0.25) is 0 Å². The Labute approximate surface area is 96.6 Å². The fraction of sp³-hybridized carbons (Fsp3) is 0.455. The molecule has 0 bridgehead atoms. The van der Waals surface area contributed by atoms with Crippen LogP contribution in [0.3, 0.4) is 0 Å². The molecular weight excluding hydrogens is 238 g/mol. The quantitative estimate of drug-likeness (QED) is 0.618. The fourth-order valence-corrected chi connectivity index (χ4v) is 1.29. The highest BCUT2D eigenvalue weighted by atomic mass is 19.3. The topological polar surface area (TPSA) is 21.3 Å². The maximum absolute atomic E-state index is 13.5. The number of ether oxygens (including phenoxy) is 1. The summed E-state index contributed by atoms with van der Waals surface area (Å²) in [6.07, 6.45) is 0. The molecule has 1 aromatic rings. The Morgan fingerprint density at radius 3 is 2.29 bits per heavy atom. The van der Waals surface area contributed by atoms with Crippen LogP contribution in [0.2, 0.25) is 0 Å². The molecule has 2 nitrogen and oxygen atoms in total. The Morgan fingerprint density at radius 2 is 1.76 bits per heavy atom. The number of alkyl halides is 2. The molecule has 0 amide bonds. The van der Waals surface area contributed by atoms with Crippen molar-refractivity contribution in [2.24, 2.45) is 0 Å². The van der Waals surface area contributed by atoms with E-state index < -0.39 is 29.7 Å². The second-order valence-corrected chi connectivity index (χ2v) is 3.53. The second kappa shape index (κ2) is 5.97. The van der Waals surface area contributed by atoms with Gasteiger partial charge < -0.3 is 10.1 Å². The first-order valence-corrected chi connectivity index (χ1v) is 5.00. The van der Waals surface area contributed by atoms with Gasteiger partial charge in [-0.1, -0.05) is 0 Å². The van der Waals surface area contributed by atoms with E-state index in [0.29, 0.717) is 18.2 Å². The maximum atomic E-state index is 13.5. The molecule has 6 heteroatoms. The van der Waals surface area contributed by atoms with Crippen molar-refractivity contribution in [2.75, 3.05) is 26.8 Å². The summed E-state index contributed by atoms with van der Waals surface area (Å²) in [6.45, 7) is -0.170. The van der Waals surface area contributed by atoms with Crippen molar-refractivity contribution in [1.82, 2.24) is 5.32 Å².